The van der Waals surface area contributed by atoms with E-state index in [1.165, 1.54) is 0 Å². The quantitative estimate of drug-likeness (QED) is 0.811. The summed E-state index contributed by atoms with van der Waals surface area (Å²) in [5, 5.41) is 28.2. The lowest BCUT2D eigenvalue weighted by molar-refractivity contribution is -0.257. The van der Waals surface area contributed by atoms with E-state index in [1.54, 1.807) is 0 Å². The minimum Gasteiger partial charge on any atom is -0.389 e. The molecule has 0 unspecified atom stereocenters. The van der Waals surface area contributed by atoms with E-state index < -0.39 is 24.4 Å². The molecule has 1 aromatic rings. The summed E-state index contributed by atoms with van der Waals surface area (Å²) in [6.45, 7) is 0.348. The van der Waals surface area contributed by atoms with Gasteiger partial charge in [-0.2, -0.15) is 5.26 Å². The molecule has 0 amide bonds. The number of ether oxygens (including phenoxy) is 2. The van der Waals surface area contributed by atoms with Crippen LogP contribution in [0, 0.1) is 17.2 Å². The summed E-state index contributed by atoms with van der Waals surface area (Å²) in [5.41, 5.74) is 0.949. The van der Waals surface area contributed by atoms with E-state index in [0.717, 1.165) is 5.56 Å². The largest absolute Gasteiger partial charge is 0.389 e. The van der Waals surface area contributed by atoms with Gasteiger partial charge in [-0.1, -0.05) is 30.3 Å². The van der Waals surface area contributed by atoms with Crippen molar-refractivity contribution in [3.05, 3.63) is 35.9 Å². The van der Waals surface area contributed by atoms with Gasteiger partial charge in [0.1, 0.15) is 12.2 Å². The lowest BCUT2D eigenvalue weighted by Crippen LogP contribution is -2.50. The van der Waals surface area contributed by atoms with Gasteiger partial charge in [0.05, 0.1) is 25.2 Å². The fraction of sp³-hybridized carbons (Fsp3) is 0.462. The highest BCUT2D eigenvalue weighted by atomic mass is 16.7. The summed E-state index contributed by atoms with van der Waals surface area (Å²) in [5.74, 6) is -0.712. The number of rotatable bonds is 3. The molecular weight excluding hydrogens is 234 g/mol. The van der Waals surface area contributed by atoms with Crippen molar-refractivity contribution in [2.45, 2.75) is 25.1 Å². The number of hydrogen-bond acceptors (Lipinski definition) is 5. The predicted molar refractivity (Wildman–Crippen MR) is 62.1 cm³/mol. The van der Waals surface area contributed by atoms with Crippen molar-refractivity contribution in [3.8, 4) is 6.07 Å². The zero-order valence-corrected chi connectivity index (χ0v) is 9.77. The SMILES string of the molecule is N#C[C@@H]1CO[C@H](OCc2ccccc2)[C@@H](O)[C@@H]1O. The van der Waals surface area contributed by atoms with Gasteiger partial charge in [-0.05, 0) is 5.56 Å². The molecule has 0 aromatic heterocycles. The second kappa shape index (κ2) is 5.94. The highest BCUT2D eigenvalue weighted by molar-refractivity contribution is 5.13. The van der Waals surface area contributed by atoms with Crippen LogP contribution in [0.3, 0.4) is 0 Å². The molecule has 1 fully saturated rings. The molecule has 4 atom stereocenters. The normalized spacial score (nSPS) is 31.8. The van der Waals surface area contributed by atoms with Crippen molar-refractivity contribution in [1.82, 2.24) is 0 Å². The van der Waals surface area contributed by atoms with Crippen LogP contribution in [0.15, 0.2) is 30.3 Å². The van der Waals surface area contributed by atoms with Crippen molar-refractivity contribution in [3.63, 3.8) is 0 Å². The van der Waals surface area contributed by atoms with Crippen molar-refractivity contribution >= 4 is 0 Å². The molecule has 2 rings (SSSR count). The van der Waals surface area contributed by atoms with Crippen LogP contribution in [-0.2, 0) is 16.1 Å². The van der Waals surface area contributed by atoms with E-state index in [1.807, 2.05) is 36.4 Å². The molecule has 1 heterocycles. The molecule has 96 valence electrons. The molecule has 18 heavy (non-hydrogen) atoms. The fourth-order valence-corrected chi connectivity index (χ4v) is 1.81. The van der Waals surface area contributed by atoms with E-state index in [0.29, 0.717) is 0 Å². The summed E-state index contributed by atoms with van der Waals surface area (Å²) in [6.07, 6.45) is -3.23. The van der Waals surface area contributed by atoms with Crippen molar-refractivity contribution in [1.29, 1.82) is 5.26 Å². The van der Waals surface area contributed by atoms with Gasteiger partial charge < -0.3 is 19.7 Å². The first-order chi connectivity index (χ1) is 8.72. The molecule has 5 nitrogen and oxygen atoms in total. The Morgan fingerprint density at radius 2 is 2.00 bits per heavy atom. The Labute approximate surface area is 105 Å². The van der Waals surface area contributed by atoms with Crippen LogP contribution in [0.4, 0.5) is 0 Å². The molecular formula is C13H15NO4. The number of hydrogen-bond donors (Lipinski definition) is 2. The highest BCUT2D eigenvalue weighted by Gasteiger charge is 2.39. The maximum Gasteiger partial charge on any atom is 0.186 e. The topological polar surface area (TPSA) is 82.7 Å². The Morgan fingerprint density at radius 1 is 1.28 bits per heavy atom. The first kappa shape index (κ1) is 13.0. The lowest BCUT2D eigenvalue weighted by atomic mass is 9.97. The molecule has 2 N–H and O–H groups in total. The summed E-state index contributed by atoms with van der Waals surface area (Å²) < 4.78 is 10.6. The Bertz CT molecular complexity index is 417. The van der Waals surface area contributed by atoms with Gasteiger partial charge in [-0.3, -0.25) is 0 Å². The van der Waals surface area contributed by atoms with Crippen LogP contribution in [0.1, 0.15) is 5.56 Å². The zero-order valence-electron chi connectivity index (χ0n) is 9.77. The van der Waals surface area contributed by atoms with Gasteiger partial charge in [0.25, 0.3) is 0 Å². The first-order valence-electron chi connectivity index (χ1n) is 5.75. The molecule has 1 saturated heterocycles. The van der Waals surface area contributed by atoms with Gasteiger partial charge in [0.15, 0.2) is 6.29 Å². The Balaban J connectivity index is 1.89. The van der Waals surface area contributed by atoms with Gasteiger partial charge in [0.2, 0.25) is 0 Å². The highest BCUT2D eigenvalue weighted by Crippen LogP contribution is 2.21. The maximum atomic E-state index is 9.77. The van der Waals surface area contributed by atoms with Crippen LogP contribution >= 0.6 is 0 Å². The minimum absolute atomic E-state index is 0.0637. The van der Waals surface area contributed by atoms with Gasteiger partial charge in [-0.15, -0.1) is 0 Å². The molecule has 0 saturated carbocycles. The van der Waals surface area contributed by atoms with E-state index in [9.17, 15) is 10.2 Å². The van der Waals surface area contributed by atoms with Crippen molar-refractivity contribution in [2.75, 3.05) is 6.61 Å². The molecule has 1 aliphatic heterocycles. The lowest BCUT2D eigenvalue weighted by Gasteiger charge is -2.34. The Hall–Kier alpha value is -1.45. The average Bonchev–Trinajstić information content (AvgIpc) is 2.42. The monoisotopic (exact) mass is 249 g/mol. The number of nitrogens with zero attached hydrogens (tertiary/aromatic N) is 1. The van der Waals surface area contributed by atoms with E-state index >= 15 is 0 Å². The fourth-order valence-electron chi connectivity index (χ4n) is 1.81. The Kier molecular flexibility index (Phi) is 4.28. The second-order valence-corrected chi connectivity index (χ2v) is 4.22. The standard InChI is InChI=1S/C13H15NO4/c14-6-10-8-18-13(12(16)11(10)15)17-7-9-4-2-1-3-5-9/h1-5,10-13,15-16H,7-8H2/t10-,11-,12+,13+/m1/s1. The zero-order chi connectivity index (χ0) is 13.0. The molecule has 1 aromatic carbocycles. The first-order valence-corrected chi connectivity index (χ1v) is 5.75. The van der Waals surface area contributed by atoms with Gasteiger partial charge in [-0.25, -0.2) is 0 Å². The van der Waals surface area contributed by atoms with Crippen LogP contribution in [0.25, 0.3) is 0 Å². The van der Waals surface area contributed by atoms with Crippen molar-refractivity contribution in [2.24, 2.45) is 5.92 Å². The number of benzene rings is 1. The number of aliphatic hydroxyl groups excluding tert-OH is 2. The maximum absolute atomic E-state index is 9.77. The van der Waals surface area contributed by atoms with Crippen LogP contribution < -0.4 is 0 Å². The van der Waals surface area contributed by atoms with Gasteiger partial charge >= 0.3 is 0 Å². The van der Waals surface area contributed by atoms with Gasteiger partial charge in [0, 0.05) is 0 Å². The molecule has 0 aliphatic carbocycles. The van der Waals surface area contributed by atoms with Crippen LogP contribution in [-0.4, -0.2) is 35.3 Å². The average molecular weight is 249 g/mol. The predicted octanol–water partition coefficient (Wildman–Crippen LogP) is 0.421. The summed E-state index contributed by atoms with van der Waals surface area (Å²) >= 11 is 0. The summed E-state index contributed by atoms with van der Waals surface area (Å²) in [7, 11) is 0. The minimum atomic E-state index is -1.20. The molecule has 0 spiro atoms. The Morgan fingerprint density at radius 3 is 2.67 bits per heavy atom. The van der Waals surface area contributed by atoms with E-state index in [-0.39, 0.29) is 13.2 Å². The third-order valence-corrected chi connectivity index (χ3v) is 2.90. The third kappa shape index (κ3) is 2.86. The molecule has 1 aliphatic rings. The second-order valence-electron chi connectivity index (χ2n) is 4.22. The molecule has 0 bridgehead atoms. The van der Waals surface area contributed by atoms with E-state index in [2.05, 4.69) is 0 Å². The number of nitriles is 1. The molecule has 0 radical (unpaired) electrons. The summed E-state index contributed by atoms with van der Waals surface area (Å²) in [4.78, 5) is 0. The summed E-state index contributed by atoms with van der Waals surface area (Å²) in [6, 6.07) is 11.3. The smallest absolute Gasteiger partial charge is 0.186 e. The van der Waals surface area contributed by atoms with E-state index in [4.69, 9.17) is 14.7 Å². The van der Waals surface area contributed by atoms with Crippen LogP contribution in [0.2, 0.25) is 0 Å². The third-order valence-electron chi connectivity index (χ3n) is 2.90. The van der Waals surface area contributed by atoms with Crippen molar-refractivity contribution < 1.29 is 19.7 Å². The van der Waals surface area contributed by atoms with Crippen LogP contribution in [0.5, 0.6) is 0 Å². The number of aliphatic hydroxyl groups is 2. The molecule has 5 heteroatoms.